The number of carbonyl (C=O) groups is 1. The number of hydrogen-bond acceptors (Lipinski definition) is 4. The first kappa shape index (κ1) is 21.0. The van der Waals surface area contributed by atoms with E-state index in [9.17, 15) is 13.2 Å². The second-order valence-electron chi connectivity index (χ2n) is 6.80. The van der Waals surface area contributed by atoms with Gasteiger partial charge in [-0.3, -0.25) is 4.79 Å². The van der Waals surface area contributed by atoms with E-state index in [4.69, 9.17) is 4.74 Å². The molecule has 146 valence electrons. The van der Waals surface area contributed by atoms with Crippen LogP contribution in [0.1, 0.15) is 32.3 Å². The zero-order valence-electron chi connectivity index (χ0n) is 16.1. The van der Waals surface area contributed by atoms with E-state index in [1.165, 1.54) is 18.4 Å². The lowest BCUT2D eigenvalue weighted by Crippen LogP contribution is -2.36. The maximum Gasteiger partial charge on any atom is 0.223 e. The highest BCUT2D eigenvalue weighted by atomic mass is 32.2. The Morgan fingerprint density at radius 2 is 1.67 bits per heavy atom. The van der Waals surface area contributed by atoms with Gasteiger partial charge in [-0.2, -0.15) is 0 Å². The fourth-order valence-corrected chi connectivity index (χ4v) is 3.31. The van der Waals surface area contributed by atoms with Gasteiger partial charge in [0.2, 0.25) is 5.91 Å². The molecule has 0 aliphatic carbocycles. The number of ether oxygens (including phenoxy) is 1. The van der Waals surface area contributed by atoms with Gasteiger partial charge in [-0.05, 0) is 50.1 Å². The monoisotopic (exact) mass is 389 g/mol. The molecule has 0 radical (unpaired) electrons. The summed E-state index contributed by atoms with van der Waals surface area (Å²) in [5.74, 6) is 0.699. The summed E-state index contributed by atoms with van der Waals surface area (Å²) in [5, 5.41) is 0. The van der Waals surface area contributed by atoms with E-state index in [1.807, 2.05) is 49.1 Å². The fourth-order valence-electron chi connectivity index (χ4n) is 2.68. The summed E-state index contributed by atoms with van der Waals surface area (Å²) in [6.07, 6.45) is 2.18. The molecule has 1 amide bonds. The summed E-state index contributed by atoms with van der Waals surface area (Å²) in [7, 11) is -3.21. The summed E-state index contributed by atoms with van der Waals surface area (Å²) in [4.78, 5) is 14.7. The molecule has 0 fully saturated rings. The number of benzene rings is 2. The number of rotatable bonds is 9. The van der Waals surface area contributed by atoms with Gasteiger partial charge in [0.25, 0.3) is 0 Å². The molecule has 2 aromatic rings. The maximum atomic E-state index is 12.6. The molecule has 0 aliphatic heterocycles. The molecule has 0 bridgehead atoms. The van der Waals surface area contributed by atoms with Crippen molar-refractivity contribution >= 4 is 15.7 Å². The first-order valence-corrected chi connectivity index (χ1v) is 10.9. The lowest BCUT2D eigenvalue weighted by Gasteiger charge is -2.27. The standard InChI is InChI=1S/C21H27NO4S/c1-17(2)22(16-18-8-5-4-6-9-18)21(23)10-7-15-26-19-11-13-20(14-12-19)27(3,24)25/h4-6,8-9,11-14,17H,7,10,15-16H2,1-3H3. The SMILES string of the molecule is CC(C)N(Cc1ccccc1)C(=O)CCCOc1ccc(S(C)(=O)=O)cc1. The zero-order valence-corrected chi connectivity index (χ0v) is 16.9. The van der Waals surface area contributed by atoms with Gasteiger partial charge in [0.1, 0.15) is 5.75 Å². The smallest absolute Gasteiger partial charge is 0.223 e. The predicted octanol–water partition coefficient (Wildman–Crippen LogP) is 3.69. The number of sulfone groups is 1. The molecule has 2 rings (SSSR count). The number of nitrogens with zero attached hydrogens (tertiary/aromatic N) is 1. The summed E-state index contributed by atoms with van der Waals surface area (Å²) in [6.45, 7) is 5.04. The zero-order chi connectivity index (χ0) is 19.9. The molecular weight excluding hydrogens is 362 g/mol. The second kappa shape index (κ2) is 9.55. The van der Waals surface area contributed by atoms with Crippen LogP contribution < -0.4 is 4.74 Å². The highest BCUT2D eigenvalue weighted by Crippen LogP contribution is 2.16. The van der Waals surface area contributed by atoms with Crippen LogP contribution in [0, 0.1) is 0 Å². The van der Waals surface area contributed by atoms with Crippen LogP contribution >= 0.6 is 0 Å². The van der Waals surface area contributed by atoms with Crippen molar-refractivity contribution in [3.05, 3.63) is 60.2 Å². The van der Waals surface area contributed by atoms with E-state index < -0.39 is 9.84 Å². The molecule has 0 aliphatic rings. The molecular formula is C21H27NO4S. The predicted molar refractivity (Wildman–Crippen MR) is 106 cm³/mol. The number of carbonyl (C=O) groups excluding carboxylic acids is 1. The van der Waals surface area contributed by atoms with Gasteiger partial charge in [-0.15, -0.1) is 0 Å². The van der Waals surface area contributed by atoms with E-state index >= 15 is 0 Å². The van der Waals surface area contributed by atoms with Gasteiger partial charge in [0.15, 0.2) is 9.84 Å². The van der Waals surface area contributed by atoms with E-state index in [-0.39, 0.29) is 16.8 Å². The van der Waals surface area contributed by atoms with E-state index in [0.29, 0.717) is 31.7 Å². The molecule has 0 atom stereocenters. The van der Waals surface area contributed by atoms with Gasteiger partial charge in [0, 0.05) is 25.3 Å². The highest BCUT2D eigenvalue weighted by Gasteiger charge is 2.17. The summed E-state index contributed by atoms with van der Waals surface area (Å²) < 4.78 is 28.5. The molecule has 2 aromatic carbocycles. The minimum absolute atomic E-state index is 0.102. The quantitative estimate of drug-likeness (QED) is 0.614. The van der Waals surface area contributed by atoms with Crippen molar-refractivity contribution in [2.75, 3.05) is 12.9 Å². The average Bonchev–Trinajstić information content (AvgIpc) is 2.63. The van der Waals surface area contributed by atoms with Crippen molar-refractivity contribution < 1.29 is 17.9 Å². The van der Waals surface area contributed by atoms with Gasteiger partial charge in [-0.1, -0.05) is 30.3 Å². The van der Waals surface area contributed by atoms with E-state index in [1.54, 1.807) is 12.1 Å². The third kappa shape index (κ3) is 6.71. The minimum Gasteiger partial charge on any atom is -0.494 e. The Hall–Kier alpha value is -2.34. The largest absolute Gasteiger partial charge is 0.494 e. The van der Waals surface area contributed by atoms with E-state index in [2.05, 4.69) is 0 Å². The summed E-state index contributed by atoms with van der Waals surface area (Å²) >= 11 is 0. The van der Waals surface area contributed by atoms with Crippen molar-refractivity contribution in [2.24, 2.45) is 0 Å². The molecule has 0 unspecified atom stereocenters. The Labute approximate surface area is 161 Å². The molecule has 5 nitrogen and oxygen atoms in total. The van der Waals surface area contributed by atoms with Gasteiger partial charge < -0.3 is 9.64 Å². The van der Waals surface area contributed by atoms with Gasteiger partial charge in [-0.25, -0.2) is 8.42 Å². The van der Waals surface area contributed by atoms with Crippen LogP contribution in [-0.2, 0) is 21.2 Å². The third-order valence-electron chi connectivity index (χ3n) is 4.20. The molecule has 0 saturated carbocycles. The molecule has 0 spiro atoms. The average molecular weight is 390 g/mol. The van der Waals surface area contributed by atoms with Crippen molar-refractivity contribution in [1.29, 1.82) is 0 Å². The van der Waals surface area contributed by atoms with E-state index in [0.717, 1.165) is 5.56 Å². The third-order valence-corrected chi connectivity index (χ3v) is 5.32. The van der Waals surface area contributed by atoms with Crippen LogP contribution in [0.25, 0.3) is 0 Å². The Bertz CT molecular complexity index is 830. The Morgan fingerprint density at radius 1 is 1.04 bits per heavy atom. The molecule has 0 N–H and O–H groups in total. The Balaban J connectivity index is 1.81. The summed E-state index contributed by atoms with van der Waals surface area (Å²) in [5.41, 5.74) is 1.11. The summed E-state index contributed by atoms with van der Waals surface area (Å²) in [6, 6.07) is 16.4. The first-order valence-electron chi connectivity index (χ1n) is 9.03. The number of amides is 1. The lowest BCUT2D eigenvalue weighted by molar-refractivity contribution is -0.133. The van der Waals surface area contributed by atoms with Crippen molar-refractivity contribution in [2.45, 2.75) is 44.2 Å². The fraction of sp³-hybridized carbons (Fsp3) is 0.381. The first-order chi connectivity index (χ1) is 12.8. The number of hydrogen-bond donors (Lipinski definition) is 0. The van der Waals surface area contributed by atoms with Crippen molar-refractivity contribution in [3.63, 3.8) is 0 Å². The molecule has 6 heteroatoms. The molecule has 0 saturated heterocycles. The minimum atomic E-state index is -3.21. The van der Waals surface area contributed by atoms with Crippen molar-refractivity contribution in [3.8, 4) is 5.75 Å². The van der Waals surface area contributed by atoms with Gasteiger partial charge in [0.05, 0.1) is 11.5 Å². The van der Waals surface area contributed by atoms with Crippen LogP contribution in [0.3, 0.4) is 0 Å². The normalized spacial score (nSPS) is 11.4. The van der Waals surface area contributed by atoms with Crippen LogP contribution in [-0.4, -0.2) is 38.1 Å². The van der Waals surface area contributed by atoms with Crippen LogP contribution in [0.5, 0.6) is 5.75 Å². The van der Waals surface area contributed by atoms with Crippen LogP contribution in [0.4, 0.5) is 0 Å². The van der Waals surface area contributed by atoms with Crippen LogP contribution in [0.15, 0.2) is 59.5 Å². The molecule has 0 aromatic heterocycles. The molecule has 27 heavy (non-hydrogen) atoms. The van der Waals surface area contributed by atoms with Crippen molar-refractivity contribution in [1.82, 2.24) is 4.90 Å². The Kier molecular flexibility index (Phi) is 7.42. The van der Waals surface area contributed by atoms with Crippen LogP contribution in [0.2, 0.25) is 0 Å². The lowest BCUT2D eigenvalue weighted by atomic mass is 10.1. The highest BCUT2D eigenvalue weighted by molar-refractivity contribution is 7.90. The maximum absolute atomic E-state index is 12.6. The Morgan fingerprint density at radius 3 is 2.22 bits per heavy atom. The second-order valence-corrected chi connectivity index (χ2v) is 8.81. The van der Waals surface area contributed by atoms with Gasteiger partial charge >= 0.3 is 0 Å². The molecule has 0 heterocycles. The topological polar surface area (TPSA) is 63.7 Å².